The number of carbonyl (C=O) groups is 1. The summed E-state index contributed by atoms with van der Waals surface area (Å²) in [5.74, 6) is -0.301. The number of hydrogen-bond donors (Lipinski definition) is 1. The first kappa shape index (κ1) is 17.3. The van der Waals surface area contributed by atoms with Gasteiger partial charge in [0.05, 0.1) is 13.2 Å². The molecule has 0 aliphatic heterocycles. The van der Waals surface area contributed by atoms with Crippen LogP contribution in [0.15, 0.2) is 12.1 Å². The van der Waals surface area contributed by atoms with Crippen molar-refractivity contribution in [2.24, 2.45) is 0 Å². The highest BCUT2D eigenvalue weighted by molar-refractivity contribution is 6.52. The molecular formula is C15H22BFNO3. The van der Waals surface area contributed by atoms with E-state index in [4.69, 9.17) is 9.47 Å². The van der Waals surface area contributed by atoms with Crippen LogP contribution < -0.4 is 15.5 Å². The molecule has 0 saturated heterocycles. The minimum absolute atomic E-state index is 0.133. The van der Waals surface area contributed by atoms with E-state index in [0.29, 0.717) is 11.0 Å². The Labute approximate surface area is 126 Å². The lowest BCUT2D eigenvalue weighted by molar-refractivity contribution is 0.0507. The second-order valence-corrected chi connectivity index (χ2v) is 5.75. The van der Waals surface area contributed by atoms with Gasteiger partial charge in [0.2, 0.25) is 0 Å². The van der Waals surface area contributed by atoms with Crippen LogP contribution in [-0.4, -0.2) is 26.1 Å². The molecule has 0 fully saturated rings. The molecule has 1 atom stereocenters. The number of alkyl carbamates (subject to hydrolysis) is 1. The normalized spacial score (nSPS) is 12.5. The SMILES string of the molecule is C[B]c1ccc(C(C)NC(=O)OC(C)(C)C)c(OC)c1F. The highest BCUT2D eigenvalue weighted by Gasteiger charge is 2.22. The second-order valence-electron chi connectivity index (χ2n) is 5.75. The summed E-state index contributed by atoms with van der Waals surface area (Å²) in [4.78, 5) is 11.8. The van der Waals surface area contributed by atoms with E-state index in [9.17, 15) is 9.18 Å². The number of nitrogens with one attached hydrogen (secondary N) is 1. The Hall–Kier alpha value is -1.72. The molecule has 1 amide bonds. The lowest BCUT2D eigenvalue weighted by atomic mass is 9.72. The fourth-order valence-electron chi connectivity index (χ4n) is 1.92. The molecule has 4 nitrogen and oxygen atoms in total. The fraction of sp³-hybridized carbons (Fsp3) is 0.533. The molecule has 0 bridgehead atoms. The average molecular weight is 294 g/mol. The third kappa shape index (κ3) is 4.65. The highest BCUT2D eigenvalue weighted by atomic mass is 19.1. The Balaban J connectivity index is 2.95. The quantitative estimate of drug-likeness (QED) is 0.869. The van der Waals surface area contributed by atoms with Crippen LogP contribution in [-0.2, 0) is 4.74 Å². The highest BCUT2D eigenvalue weighted by Crippen LogP contribution is 2.27. The van der Waals surface area contributed by atoms with Gasteiger partial charge in [0.15, 0.2) is 18.8 Å². The van der Waals surface area contributed by atoms with E-state index >= 15 is 0 Å². The first-order chi connectivity index (χ1) is 9.69. The van der Waals surface area contributed by atoms with Gasteiger partial charge >= 0.3 is 6.09 Å². The van der Waals surface area contributed by atoms with Gasteiger partial charge < -0.3 is 14.8 Å². The number of ether oxygens (including phenoxy) is 2. The van der Waals surface area contributed by atoms with Crippen molar-refractivity contribution in [2.45, 2.75) is 46.2 Å². The summed E-state index contributed by atoms with van der Waals surface area (Å²) in [6.45, 7) is 8.84. The van der Waals surface area contributed by atoms with E-state index < -0.39 is 23.6 Å². The predicted molar refractivity (Wildman–Crippen MR) is 82.0 cm³/mol. The Kier molecular flexibility index (Phi) is 5.64. The Bertz CT molecular complexity index is 514. The monoisotopic (exact) mass is 294 g/mol. The first-order valence-electron chi connectivity index (χ1n) is 6.85. The number of methoxy groups -OCH3 is 1. The van der Waals surface area contributed by atoms with Gasteiger partial charge in [-0.15, -0.1) is 0 Å². The van der Waals surface area contributed by atoms with Crippen molar-refractivity contribution in [2.75, 3.05) is 7.11 Å². The van der Waals surface area contributed by atoms with Gasteiger partial charge in [0, 0.05) is 5.56 Å². The number of hydrogen-bond acceptors (Lipinski definition) is 3. The standard InChI is InChI=1S/C15H22BFNO3/c1-9(18-14(19)21-15(2,3)4)10-7-8-11(16-5)12(17)13(10)20-6/h7-9H,1-6H3,(H,18,19). The predicted octanol–water partition coefficient (Wildman–Crippen LogP) is 2.80. The van der Waals surface area contributed by atoms with Crippen molar-refractivity contribution in [3.63, 3.8) is 0 Å². The zero-order valence-electron chi connectivity index (χ0n) is 13.4. The van der Waals surface area contributed by atoms with Crippen molar-refractivity contribution in [1.29, 1.82) is 0 Å². The van der Waals surface area contributed by atoms with Gasteiger partial charge in [-0.3, -0.25) is 0 Å². The van der Waals surface area contributed by atoms with Crippen LogP contribution in [0.5, 0.6) is 5.75 Å². The van der Waals surface area contributed by atoms with Crippen LogP contribution in [0, 0.1) is 5.82 Å². The average Bonchev–Trinajstić information content (AvgIpc) is 2.35. The molecule has 21 heavy (non-hydrogen) atoms. The van der Waals surface area contributed by atoms with Crippen LogP contribution >= 0.6 is 0 Å². The maximum absolute atomic E-state index is 14.2. The van der Waals surface area contributed by atoms with Crippen LogP contribution in [0.3, 0.4) is 0 Å². The van der Waals surface area contributed by atoms with Gasteiger partial charge in [0.1, 0.15) is 5.60 Å². The molecule has 1 aromatic rings. The van der Waals surface area contributed by atoms with Crippen molar-refractivity contribution in [1.82, 2.24) is 5.32 Å². The maximum Gasteiger partial charge on any atom is 0.408 e. The molecule has 0 saturated carbocycles. The van der Waals surface area contributed by atoms with E-state index in [1.807, 2.05) is 0 Å². The molecular weight excluding hydrogens is 272 g/mol. The van der Waals surface area contributed by atoms with Crippen molar-refractivity contribution >= 4 is 18.8 Å². The summed E-state index contributed by atoms with van der Waals surface area (Å²) in [7, 11) is 3.06. The molecule has 1 rings (SSSR count). The largest absolute Gasteiger partial charge is 0.493 e. The molecule has 0 aromatic heterocycles. The molecule has 1 aromatic carbocycles. The van der Waals surface area contributed by atoms with Gasteiger partial charge in [-0.2, -0.15) is 0 Å². The zero-order chi connectivity index (χ0) is 16.2. The summed E-state index contributed by atoms with van der Waals surface area (Å²) in [6.07, 6.45) is -0.552. The van der Waals surface area contributed by atoms with E-state index in [2.05, 4.69) is 5.32 Å². The Morgan fingerprint density at radius 1 is 1.38 bits per heavy atom. The van der Waals surface area contributed by atoms with E-state index in [1.54, 1.807) is 53.9 Å². The second kappa shape index (κ2) is 6.83. The van der Waals surface area contributed by atoms with Crippen molar-refractivity contribution in [3.05, 3.63) is 23.5 Å². The number of amides is 1. The molecule has 1 N–H and O–H groups in total. The lowest BCUT2D eigenvalue weighted by Gasteiger charge is -2.23. The number of benzene rings is 1. The summed E-state index contributed by atoms with van der Waals surface area (Å²) in [5, 5.41) is 2.67. The molecule has 0 aliphatic rings. The van der Waals surface area contributed by atoms with Crippen molar-refractivity contribution in [3.8, 4) is 5.75 Å². The van der Waals surface area contributed by atoms with Crippen LogP contribution in [0.4, 0.5) is 9.18 Å². The van der Waals surface area contributed by atoms with Gasteiger partial charge in [-0.05, 0) is 33.2 Å². The molecule has 6 heteroatoms. The smallest absolute Gasteiger partial charge is 0.408 e. The van der Waals surface area contributed by atoms with Gasteiger partial charge in [-0.1, -0.05) is 19.0 Å². The Morgan fingerprint density at radius 3 is 2.48 bits per heavy atom. The van der Waals surface area contributed by atoms with Crippen LogP contribution in [0.2, 0.25) is 6.82 Å². The third-order valence-corrected chi connectivity index (χ3v) is 2.87. The molecule has 115 valence electrons. The van der Waals surface area contributed by atoms with Crippen molar-refractivity contribution < 1.29 is 18.7 Å². The molecule has 0 spiro atoms. The zero-order valence-corrected chi connectivity index (χ0v) is 13.4. The van der Waals surface area contributed by atoms with Crippen LogP contribution in [0.1, 0.15) is 39.3 Å². The molecule has 1 unspecified atom stereocenters. The number of carbonyl (C=O) groups excluding carboxylic acids is 1. The number of rotatable bonds is 4. The number of halogens is 1. The minimum atomic E-state index is -0.583. The maximum atomic E-state index is 14.2. The lowest BCUT2D eigenvalue weighted by Crippen LogP contribution is -2.34. The first-order valence-corrected chi connectivity index (χ1v) is 6.85. The van der Waals surface area contributed by atoms with Gasteiger partial charge in [0.25, 0.3) is 0 Å². The summed E-state index contributed by atoms with van der Waals surface area (Å²) in [5.41, 5.74) is 0.437. The van der Waals surface area contributed by atoms with Gasteiger partial charge in [-0.25, -0.2) is 9.18 Å². The Morgan fingerprint density at radius 2 is 2.00 bits per heavy atom. The summed E-state index contributed by atoms with van der Waals surface area (Å²) < 4.78 is 24.5. The topological polar surface area (TPSA) is 47.6 Å². The van der Waals surface area contributed by atoms with Crippen LogP contribution in [0.25, 0.3) is 0 Å². The summed E-state index contributed by atoms with van der Waals surface area (Å²) in [6, 6.07) is 2.95. The van der Waals surface area contributed by atoms with E-state index in [-0.39, 0.29) is 5.75 Å². The molecule has 1 radical (unpaired) electrons. The fourth-order valence-corrected chi connectivity index (χ4v) is 1.92. The third-order valence-electron chi connectivity index (χ3n) is 2.87. The summed E-state index contributed by atoms with van der Waals surface area (Å²) >= 11 is 0. The van der Waals surface area contributed by atoms with E-state index in [0.717, 1.165) is 0 Å². The molecule has 0 aliphatic carbocycles. The van der Waals surface area contributed by atoms with E-state index in [1.165, 1.54) is 7.11 Å². The minimum Gasteiger partial charge on any atom is -0.493 e. The molecule has 0 heterocycles.